The van der Waals surface area contributed by atoms with Crippen LogP contribution in [0.15, 0.2) is 30.3 Å². The van der Waals surface area contributed by atoms with Gasteiger partial charge in [-0.15, -0.1) is 0 Å². The monoisotopic (exact) mass is 876 g/mol. The normalized spacial score (nSPS) is 14.2. The summed E-state index contributed by atoms with van der Waals surface area (Å²) in [6.45, 7) is 11.2. The quantitative estimate of drug-likeness (QED) is 0.0610. The third-order valence-electron chi connectivity index (χ3n) is 9.57. The number of nitrogens with two attached hydrogens (primary N) is 1. The molecule has 1 rings (SSSR count). The van der Waals surface area contributed by atoms with Gasteiger partial charge in [0.2, 0.25) is 35.4 Å². The van der Waals surface area contributed by atoms with Crippen LogP contribution in [-0.2, 0) is 40.0 Å². The minimum atomic E-state index is -3.27. The Bertz CT molecular complexity index is 1520. The Balaban J connectivity index is -0.00000406. The first-order valence-electron chi connectivity index (χ1n) is 19.2. The SMILES string of the molecule is C.C.C.C.CCC(C)(CC(C)(C)C(=O)NCC(=O)NC(Cc1ccccc1)C(=O)NC(CC(C)C)C(=O)NCC(=O)NCCCCC(N)(C(=O)O)C(F)F)C(=O)NCC(C)O. The molecule has 0 bridgehead atoms. The summed E-state index contributed by atoms with van der Waals surface area (Å²) >= 11 is 0. The van der Waals surface area contributed by atoms with Gasteiger partial charge in [-0.25, -0.2) is 13.6 Å². The minimum absolute atomic E-state index is 0. The van der Waals surface area contributed by atoms with E-state index in [-0.39, 0.29) is 86.7 Å². The third-order valence-corrected chi connectivity index (χ3v) is 9.57. The van der Waals surface area contributed by atoms with Crippen molar-refractivity contribution < 1.29 is 52.6 Å². The second-order valence-corrected chi connectivity index (χ2v) is 15.9. The number of hydrogen-bond donors (Lipinski definition) is 9. The molecule has 18 heteroatoms. The predicted molar refractivity (Wildman–Crippen MR) is 235 cm³/mol. The third kappa shape index (κ3) is 22.1. The molecule has 0 saturated heterocycles. The number of rotatable bonds is 26. The summed E-state index contributed by atoms with van der Waals surface area (Å²) in [5, 5.41) is 34.2. The molecule has 1 aromatic rings. The molecule has 5 atom stereocenters. The van der Waals surface area contributed by atoms with Crippen molar-refractivity contribution in [2.24, 2.45) is 22.5 Å². The summed E-state index contributed by atoms with van der Waals surface area (Å²) in [5.41, 5.74) is 1.28. The molecule has 0 aliphatic carbocycles. The van der Waals surface area contributed by atoms with Crippen molar-refractivity contribution >= 4 is 41.4 Å². The van der Waals surface area contributed by atoms with Gasteiger partial charge in [0.05, 0.1) is 19.2 Å². The Morgan fingerprint density at radius 2 is 1.33 bits per heavy atom. The number of nitrogens with one attached hydrogen (secondary N) is 6. The van der Waals surface area contributed by atoms with Crippen LogP contribution in [0.25, 0.3) is 0 Å². The highest BCUT2D eigenvalue weighted by Gasteiger charge is 2.43. The van der Waals surface area contributed by atoms with Crippen LogP contribution < -0.4 is 37.6 Å². The lowest BCUT2D eigenvalue weighted by molar-refractivity contribution is -0.150. The number of benzene rings is 1. The van der Waals surface area contributed by atoms with Gasteiger partial charge in [0.25, 0.3) is 6.43 Å². The van der Waals surface area contributed by atoms with Crippen molar-refractivity contribution in [1.82, 2.24) is 31.9 Å². The Kier molecular flexibility index (Phi) is 30.5. The number of carbonyl (C=O) groups is 7. The molecule has 0 fully saturated rings. The molecule has 61 heavy (non-hydrogen) atoms. The Morgan fingerprint density at radius 1 is 0.754 bits per heavy atom. The van der Waals surface area contributed by atoms with Crippen molar-refractivity contribution in [2.45, 2.75) is 153 Å². The molecule has 0 aromatic heterocycles. The number of carboxylic acids is 1. The highest BCUT2D eigenvalue weighted by molar-refractivity contribution is 5.94. The van der Waals surface area contributed by atoms with Crippen LogP contribution in [0.5, 0.6) is 0 Å². The van der Waals surface area contributed by atoms with Crippen molar-refractivity contribution in [3.63, 3.8) is 0 Å². The second kappa shape index (κ2) is 29.5. The lowest BCUT2D eigenvalue weighted by atomic mass is 9.71. The van der Waals surface area contributed by atoms with E-state index in [1.54, 1.807) is 58.0 Å². The minimum Gasteiger partial charge on any atom is -0.480 e. The van der Waals surface area contributed by atoms with E-state index in [1.165, 1.54) is 0 Å². The number of aliphatic hydroxyl groups is 1. The molecular weight excluding hydrogens is 797 g/mol. The zero-order chi connectivity index (χ0) is 43.6. The van der Waals surface area contributed by atoms with E-state index < -0.39 is 96.0 Å². The number of carboxylic acid groups (broad SMARTS) is 1. The smallest absolute Gasteiger partial charge is 0.329 e. The summed E-state index contributed by atoms with van der Waals surface area (Å²) in [6, 6.07) is 6.54. The second-order valence-electron chi connectivity index (χ2n) is 15.9. The van der Waals surface area contributed by atoms with Gasteiger partial charge >= 0.3 is 5.97 Å². The number of aliphatic carboxylic acids is 1. The lowest BCUT2D eigenvalue weighted by Crippen LogP contribution is -2.56. The summed E-state index contributed by atoms with van der Waals surface area (Å²) in [5.74, 6) is -5.36. The molecule has 6 amide bonds. The molecule has 0 radical (unpaired) electrons. The van der Waals surface area contributed by atoms with Gasteiger partial charge in [0.15, 0.2) is 5.54 Å². The predicted octanol–water partition coefficient (Wildman–Crippen LogP) is 3.68. The number of carbonyl (C=O) groups excluding carboxylic acids is 6. The van der Waals surface area contributed by atoms with Crippen LogP contribution in [0.1, 0.15) is 122 Å². The maximum absolute atomic E-state index is 13.7. The summed E-state index contributed by atoms with van der Waals surface area (Å²) < 4.78 is 26.2. The molecule has 0 heterocycles. The van der Waals surface area contributed by atoms with Gasteiger partial charge in [-0.1, -0.05) is 102 Å². The van der Waals surface area contributed by atoms with E-state index in [0.29, 0.717) is 12.0 Å². The average molecular weight is 876 g/mol. The average Bonchev–Trinajstić information content (AvgIpc) is 3.13. The molecule has 5 unspecified atom stereocenters. The maximum atomic E-state index is 13.7. The number of amides is 6. The van der Waals surface area contributed by atoms with Crippen LogP contribution in [0, 0.1) is 16.7 Å². The van der Waals surface area contributed by atoms with E-state index >= 15 is 0 Å². The van der Waals surface area contributed by atoms with Crippen LogP contribution in [-0.4, -0.2) is 108 Å². The van der Waals surface area contributed by atoms with Crippen molar-refractivity contribution in [2.75, 3.05) is 26.2 Å². The van der Waals surface area contributed by atoms with Gasteiger partial charge in [-0.2, -0.15) is 0 Å². The fraction of sp³-hybridized carbons (Fsp3) is 0.698. The van der Waals surface area contributed by atoms with Crippen LogP contribution in [0.3, 0.4) is 0 Å². The van der Waals surface area contributed by atoms with Crippen LogP contribution in [0.4, 0.5) is 8.78 Å². The van der Waals surface area contributed by atoms with Gasteiger partial charge in [-0.05, 0) is 56.9 Å². The highest BCUT2D eigenvalue weighted by atomic mass is 19.3. The van der Waals surface area contributed by atoms with E-state index in [1.807, 2.05) is 20.8 Å². The summed E-state index contributed by atoms with van der Waals surface area (Å²) in [4.78, 5) is 89.9. The molecule has 0 saturated carbocycles. The topological polar surface area (TPSA) is 258 Å². The molecule has 0 aliphatic rings. The number of alkyl halides is 2. The first-order chi connectivity index (χ1) is 26.5. The first-order valence-corrected chi connectivity index (χ1v) is 19.2. The standard InChI is InChI=1S/C39H63F2N7O9.4CH4/c1-8-38(7,35(55)45-20-25(4)49)23-37(5,6)34(54)46-22-30(51)47-28(19-26-14-10-9-11-15-26)32(53)48-27(18-24(2)3)31(52)44-21-29(50)43-17-13-12-16-39(42,33(40)41)36(56)57;;;;/h9-11,14-15,24-25,27-28,33,49H,8,12-13,16-23,42H2,1-7H3,(H,43,50)(H,44,52)(H,45,55)(H,46,54)(H,47,51)(H,48,53)(H,56,57);4*1H4. The number of hydrogen-bond acceptors (Lipinski definition) is 9. The largest absolute Gasteiger partial charge is 0.480 e. The fourth-order valence-corrected chi connectivity index (χ4v) is 5.99. The van der Waals surface area contributed by atoms with E-state index in [4.69, 9.17) is 10.8 Å². The van der Waals surface area contributed by atoms with Crippen molar-refractivity contribution in [3.8, 4) is 0 Å². The Labute approximate surface area is 363 Å². The zero-order valence-electron chi connectivity index (χ0n) is 34.1. The molecule has 0 aliphatic heterocycles. The molecule has 0 spiro atoms. The van der Waals surface area contributed by atoms with Gasteiger partial charge in [0, 0.05) is 30.3 Å². The van der Waals surface area contributed by atoms with Gasteiger partial charge in [0.1, 0.15) is 12.1 Å². The van der Waals surface area contributed by atoms with E-state index in [9.17, 15) is 47.4 Å². The fourth-order valence-electron chi connectivity index (χ4n) is 5.99. The Hall–Kier alpha value is -4.71. The number of aliphatic hydroxyl groups excluding tert-OH is 1. The summed E-state index contributed by atoms with van der Waals surface area (Å²) in [7, 11) is 0. The zero-order valence-corrected chi connectivity index (χ0v) is 34.1. The molecule has 16 nitrogen and oxygen atoms in total. The number of unbranched alkanes of at least 4 members (excludes halogenated alkanes) is 1. The Morgan fingerprint density at radius 3 is 1.84 bits per heavy atom. The van der Waals surface area contributed by atoms with Crippen LogP contribution in [0.2, 0.25) is 0 Å². The molecular formula is C43H79F2N7O9. The van der Waals surface area contributed by atoms with Crippen molar-refractivity contribution in [1.29, 1.82) is 0 Å². The maximum Gasteiger partial charge on any atom is 0.329 e. The molecule has 1 aromatic carbocycles. The van der Waals surface area contributed by atoms with Crippen molar-refractivity contribution in [3.05, 3.63) is 35.9 Å². The van der Waals surface area contributed by atoms with Gasteiger partial charge < -0.3 is 47.8 Å². The van der Waals surface area contributed by atoms with Crippen LogP contribution >= 0.6 is 0 Å². The first kappa shape index (κ1) is 62.9. The van der Waals surface area contributed by atoms with Gasteiger partial charge in [-0.3, -0.25) is 28.8 Å². The highest BCUT2D eigenvalue weighted by Crippen LogP contribution is 2.37. The number of halogens is 2. The lowest BCUT2D eigenvalue weighted by Gasteiger charge is -2.35. The molecule has 10 N–H and O–H groups in total. The van der Waals surface area contributed by atoms with E-state index in [2.05, 4.69) is 31.9 Å². The van der Waals surface area contributed by atoms with E-state index in [0.717, 1.165) is 0 Å². The molecule has 354 valence electrons. The summed E-state index contributed by atoms with van der Waals surface area (Å²) in [6.07, 6.45) is -3.59.